The molecule has 0 aliphatic carbocycles. The molecule has 4 heteroatoms. The fourth-order valence-electron chi connectivity index (χ4n) is 1.98. The molecular weight excluding hydrogens is 277 g/mol. The fourth-order valence-corrected chi connectivity index (χ4v) is 2.26. The third-order valence-electron chi connectivity index (χ3n) is 3.07. The zero-order valence-electron chi connectivity index (χ0n) is 11.3. The van der Waals surface area contributed by atoms with Crippen LogP contribution in [0.1, 0.15) is 11.1 Å². The molecule has 0 heterocycles. The van der Waals surface area contributed by atoms with Crippen LogP contribution in [-0.4, -0.2) is 13.7 Å². The van der Waals surface area contributed by atoms with E-state index in [0.29, 0.717) is 30.3 Å². The molecule has 2 aromatic carbocycles. The van der Waals surface area contributed by atoms with Crippen LogP contribution in [0.5, 0.6) is 5.75 Å². The van der Waals surface area contributed by atoms with Gasteiger partial charge in [-0.05, 0) is 42.3 Å². The van der Waals surface area contributed by atoms with Gasteiger partial charge in [-0.3, -0.25) is 0 Å². The Morgan fingerprint density at radius 3 is 2.70 bits per heavy atom. The van der Waals surface area contributed by atoms with Gasteiger partial charge in [-0.1, -0.05) is 35.9 Å². The molecule has 0 aliphatic rings. The van der Waals surface area contributed by atoms with Gasteiger partial charge in [-0.15, -0.1) is 0 Å². The average molecular weight is 294 g/mol. The van der Waals surface area contributed by atoms with Crippen LogP contribution in [0.2, 0.25) is 5.02 Å². The number of rotatable bonds is 6. The molecule has 0 fully saturated rings. The molecule has 1 N–H and O–H groups in total. The lowest BCUT2D eigenvalue weighted by Crippen LogP contribution is -2.17. The predicted octanol–water partition coefficient (Wildman–Crippen LogP) is 3.82. The average Bonchev–Trinajstić information content (AvgIpc) is 2.45. The molecule has 0 radical (unpaired) electrons. The molecule has 0 unspecified atom stereocenters. The molecule has 0 spiro atoms. The van der Waals surface area contributed by atoms with Crippen LogP contribution in [0, 0.1) is 5.82 Å². The van der Waals surface area contributed by atoms with Gasteiger partial charge in [0.25, 0.3) is 0 Å². The number of methoxy groups -OCH3 is 1. The maximum absolute atomic E-state index is 13.4. The van der Waals surface area contributed by atoms with Crippen molar-refractivity contribution < 1.29 is 9.13 Å². The minimum atomic E-state index is -0.151. The SMILES string of the molecule is COc1ccc(CNCCc2ccccc2F)cc1Cl. The lowest BCUT2D eigenvalue weighted by Gasteiger charge is -2.08. The first-order valence-electron chi connectivity index (χ1n) is 6.47. The number of halogens is 2. The molecule has 20 heavy (non-hydrogen) atoms. The zero-order chi connectivity index (χ0) is 14.4. The predicted molar refractivity (Wildman–Crippen MR) is 79.8 cm³/mol. The van der Waals surface area contributed by atoms with Gasteiger partial charge in [0.2, 0.25) is 0 Å². The van der Waals surface area contributed by atoms with E-state index in [9.17, 15) is 4.39 Å². The van der Waals surface area contributed by atoms with Crippen molar-refractivity contribution in [2.75, 3.05) is 13.7 Å². The molecular formula is C16H17ClFNO. The molecule has 0 atom stereocenters. The third-order valence-corrected chi connectivity index (χ3v) is 3.37. The second-order valence-corrected chi connectivity index (χ2v) is 4.89. The highest BCUT2D eigenvalue weighted by molar-refractivity contribution is 6.32. The van der Waals surface area contributed by atoms with E-state index in [-0.39, 0.29) is 5.82 Å². The van der Waals surface area contributed by atoms with E-state index in [0.717, 1.165) is 11.1 Å². The first-order chi connectivity index (χ1) is 9.70. The summed E-state index contributed by atoms with van der Waals surface area (Å²) in [5.74, 6) is 0.517. The molecule has 106 valence electrons. The smallest absolute Gasteiger partial charge is 0.137 e. The van der Waals surface area contributed by atoms with E-state index in [1.54, 1.807) is 19.2 Å². The summed E-state index contributed by atoms with van der Waals surface area (Å²) < 4.78 is 18.5. The summed E-state index contributed by atoms with van der Waals surface area (Å²) in [7, 11) is 1.59. The Morgan fingerprint density at radius 1 is 1.20 bits per heavy atom. The van der Waals surface area contributed by atoms with Crippen molar-refractivity contribution in [1.82, 2.24) is 5.32 Å². The maximum Gasteiger partial charge on any atom is 0.137 e. The van der Waals surface area contributed by atoms with Crippen molar-refractivity contribution in [2.45, 2.75) is 13.0 Å². The summed E-state index contributed by atoms with van der Waals surface area (Å²) in [6, 6.07) is 12.5. The molecule has 0 aromatic heterocycles. The summed E-state index contributed by atoms with van der Waals surface area (Å²) in [6.45, 7) is 1.41. The van der Waals surface area contributed by atoms with E-state index >= 15 is 0 Å². The van der Waals surface area contributed by atoms with Crippen molar-refractivity contribution in [2.24, 2.45) is 0 Å². The van der Waals surface area contributed by atoms with Crippen molar-refractivity contribution >= 4 is 11.6 Å². The van der Waals surface area contributed by atoms with Crippen LogP contribution in [0.3, 0.4) is 0 Å². The second kappa shape index (κ2) is 7.27. The number of hydrogen-bond donors (Lipinski definition) is 1. The molecule has 0 amide bonds. The molecule has 0 saturated carbocycles. The van der Waals surface area contributed by atoms with Crippen LogP contribution in [0.15, 0.2) is 42.5 Å². The minimum absolute atomic E-state index is 0.151. The first-order valence-corrected chi connectivity index (χ1v) is 6.85. The van der Waals surface area contributed by atoms with Gasteiger partial charge in [0.1, 0.15) is 11.6 Å². The Morgan fingerprint density at radius 2 is 2.00 bits per heavy atom. The topological polar surface area (TPSA) is 21.3 Å². The van der Waals surface area contributed by atoms with E-state index in [2.05, 4.69) is 5.32 Å². The van der Waals surface area contributed by atoms with Crippen molar-refractivity contribution in [1.29, 1.82) is 0 Å². The second-order valence-electron chi connectivity index (χ2n) is 4.49. The maximum atomic E-state index is 13.4. The highest BCUT2D eigenvalue weighted by Crippen LogP contribution is 2.24. The molecule has 0 aliphatic heterocycles. The lowest BCUT2D eigenvalue weighted by atomic mass is 10.1. The Kier molecular flexibility index (Phi) is 5.39. The van der Waals surface area contributed by atoms with Crippen LogP contribution in [-0.2, 0) is 13.0 Å². The van der Waals surface area contributed by atoms with Gasteiger partial charge in [0, 0.05) is 6.54 Å². The van der Waals surface area contributed by atoms with Crippen LogP contribution < -0.4 is 10.1 Å². The minimum Gasteiger partial charge on any atom is -0.495 e. The van der Waals surface area contributed by atoms with Gasteiger partial charge in [0.05, 0.1) is 12.1 Å². The van der Waals surface area contributed by atoms with Gasteiger partial charge >= 0.3 is 0 Å². The summed E-state index contributed by atoms with van der Waals surface area (Å²) >= 11 is 6.06. The Hall–Kier alpha value is -1.58. The third kappa shape index (κ3) is 3.95. The van der Waals surface area contributed by atoms with Gasteiger partial charge in [-0.25, -0.2) is 4.39 Å². The normalized spacial score (nSPS) is 10.6. The summed E-state index contributed by atoms with van der Waals surface area (Å²) in [6.07, 6.45) is 0.663. The Labute approximate surface area is 123 Å². The standard InChI is InChI=1S/C16H17ClFNO/c1-20-16-7-6-12(10-14(16)17)11-19-9-8-13-4-2-3-5-15(13)18/h2-7,10,19H,8-9,11H2,1H3. The summed E-state index contributed by atoms with van der Waals surface area (Å²) in [5, 5.41) is 3.87. The van der Waals surface area contributed by atoms with E-state index in [1.165, 1.54) is 6.07 Å². The van der Waals surface area contributed by atoms with Crippen LogP contribution in [0.4, 0.5) is 4.39 Å². The summed E-state index contributed by atoms with van der Waals surface area (Å²) in [5.41, 5.74) is 1.80. The molecule has 2 nitrogen and oxygen atoms in total. The Balaban J connectivity index is 1.82. The van der Waals surface area contributed by atoms with Crippen molar-refractivity contribution in [3.05, 3.63) is 64.4 Å². The number of hydrogen-bond acceptors (Lipinski definition) is 2. The summed E-state index contributed by atoms with van der Waals surface area (Å²) in [4.78, 5) is 0. The van der Waals surface area contributed by atoms with Crippen molar-refractivity contribution in [3.63, 3.8) is 0 Å². The number of ether oxygens (including phenoxy) is 1. The number of benzene rings is 2. The monoisotopic (exact) mass is 293 g/mol. The zero-order valence-corrected chi connectivity index (χ0v) is 12.1. The lowest BCUT2D eigenvalue weighted by molar-refractivity contribution is 0.415. The van der Waals surface area contributed by atoms with Gasteiger partial charge < -0.3 is 10.1 Å². The fraction of sp³-hybridized carbons (Fsp3) is 0.250. The van der Waals surface area contributed by atoms with Gasteiger partial charge in [-0.2, -0.15) is 0 Å². The highest BCUT2D eigenvalue weighted by atomic mass is 35.5. The molecule has 2 rings (SSSR count). The van der Waals surface area contributed by atoms with Crippen molar-refractivity contribution in [3.8, 4) is 5.75 Å². The largest absolute Gasteiger partial charge is 0.495 e. The first kappa shape index (κ1) is 14.8. The van der Waals surface area contributed by atoms with E-state index in [1.807, 2.05) is 24.3 Å². The molecule has 0 saturated heterocycles. The molecule has 0 bridgehead atoms. The quantitative estimate of drug-likeness (QED) is 0.818. The number of nitrogens with one attached hydrogen (secondary N) is 1. The van der Waals surface area contributed by atoms with Gasteiger partial charge in [0.15, 0.2) is 0 Å². The highest BCUT2D eigenvalue weighted by Gasteiger charge is 2.02. The molecule has 2 aromatic rings. The van der Waals surface area contributed by atoms with Crippen LogP contribution in [0.25, 0.3) is 0 Å². The Bertz CT molecular complexity index is 574. The van der Waals surface area contributed by atoms with E-state index < -0.39 is 0 Å². The van der Waals surface area contributed by atoms with E-state index in [4.69, 9.17) is 16.3 Å². The van der Waals surface area contributed by atoms with Crippen LogP contribution >= 0.6 is 11.6 Å².